The zero-order valence-corrected chi connectivity index (χ0v) is 13.7. The van der Waals surface area contributed by atoms with Crippen LogP contribution in [-0.2, 0) is 0 Å². The quantitative estimate of drug-likeness (QED) is 0.571. The van der Waals surface area contributed by atoms with Gasteiger partial charge in [-0.3, -0.25) is 0 Å². The van der Waals surface area contributed by atoms with E-state index < -0.39 is 0 Å². The summed E-state index contributed by atoms with van der Waals surface area (Å²) in [6.07, 6.45) is 7.47. The van der Waals surface area contributed by atoms with E-state index >= 15 is 0 Å². The van der Waals surface area contributed by atoms with Crippen LogP contribution in [0.15, 0.2) is 18.7 Å². The summed E-state index contributed by atoms with van der Waals surface area (Å²) in [5.74, 6) is 6.83. The molecular formula is C16H17ClN6O. The third kappa shape index (κ3) is 3.91. The third-order valence-electron chi connectivity index (χ3n) is 3.91. The number of anilines is 2. The maximum atomic E-state index is 9.27. The highest BCUT2D eigenvalue weighted by molar-refractivity contribution is 6.31. The number of nitrogens with zero attached hydrogens (tertiary/aromatic N) is 4. The molecular weight excluding hydrogens is 328 g/mol. The first-order valence-electron chi connectivity index (χ1n) is 7.63. The highest BCUT2D eigenvalue weighted by atomic mass is 35.5. The highest BCUT2D eigenvalue weighted by Gasteiger charge is 2.25. The zero-order chi connectivity index (χ0) is 16.9. The van der Waals surface area contributed by atoms with E-state index in [4.69, 9.17) is 17.3 Å². The number of hydrogen-bond donors (Lipinski definition) is 3. The third-order valence-corrected chi connectivity index (χ3v) is 4.19. The molecule has 124 valence electrons. The lowest BCUT2D eigenvalue weighted by atomic mass is 10.1. The summed E-state index contributed by atoms with van der Waals surface area (Å²) in [6.45, 7) is 0.200. The Balaban J connectivity index is 1.87. The largest absolute Gasteiger partial charge is 0.396 e. The minimum Gasteiger partial charge on any atom is -0.396 e. The van der Waals surface area contributed by atoms with Crippen LogP contribution in [0.2, 0.25) is 5.15 Å². The first-order valence-corrected chi connectivity index (χ1v) is 8.01. The number of aromatic nitrogens is 4. The van der Waals surface area contributed by atoms with E-state index in [0.29, 0.717) is 22.9 Å². The maximum absolute atomic E-state index is 9.27. The second kappa shape index (κ2) is 7.43. The molecule has 24 heavy (non-hydrogen) atoms. The lowest BCUT2D eigenvalue weighted by molar-refractivity contribution is 0.229. The molecule has 3 rings (SSSR count). The average Bonchev–Trinajstić information content (AvgIpc) is 3.02. The Morgan fingerprint density at radius 3 is 2.75 bits per heavy atom. The predicted molar refractivity (Wildman–Crippen MR) is 91.3 cm³/mol. The number of halogens is 1. The van der Waals surface area contributed by atoms with Gasteiger partial charge in [-0.25, -0.2) is 9.97 Å². The number of aliphatic hydroxyl groups is 1. The van der Waals surface area contributed by atoms with Gasteiger partial charge >= 0.3 is 0 Å². The van der Waals surface area contributed by atoms with Crippen LogP contribution in [0, 0.1) is 17.8 Å². The van der Waals surface area contributed by atoms with Crippen molar-refractivity contribution in [1.82, 2.24) is 19.9 Å². The maximum Gasteiger partial charge on any atom is 0.223 e. The molecule has 0 spiro atoms. The van der Waals surface area contributed by atoms with Crippen molar-refractivity contribution in [2.24, 2.45) is 5.92 Å². The number of nitrogens with two attached hydrogens (primary N) is 1. The van der Waals surface area contributed by atoms with Crippen molar-refractivity contribution in [3.63, 3.8) is 0 Å². The summed E-state index contributed by atoms with van der Waals surface area (Å²) in [5, 5.41) is 12.8. The molecule has 1 aliphatic rings. The molecule has 0 aromatic carbocycles. The highest BCUT2D eigenvalue weighted by Crippen LogP contribution is 2.29. The van der Waals surface area contributed by atoms with E-state index in [1.165, 1.54) is 6.33 Å². The molecule has 4 N–H and O–H groups in total. The Morgan fingerprint density at radius 2 is 2.04 bits per heavy atom. The molecule has 2 atom stereocenters. The minimum absolute atomic E-state index is 0.0906. The van der Waals surface area contributed by atoms with Gasteiger partial charge in [0.05, 0.1) is 5.56 Å². The van der Waals surface area contributed by atoms with Gasteiger partial charge in [0.15, 0.2) is 5.15 Å². The molecule has 2 aromatic heterocycles. The summed E-state index contributed by atoms with van der Waals surface area (Å²) in [7, 11) is 0. The topological polar surface area (TPSA) is 110 Å². The SMILES string of the molecule is Nc1nc(Cl)c(C#Cc2cncnc2)c(N[C@H]2CCC(CO)C2)n1. The van der Waals surface area contributed by atoms with Gasteiger partial charge in [-0.05, 0) is 25.2 Å². The second-order valence-corrected chi connectivity index (χ2v) is 6.03. The molecule has 0 aliphatic heterocycles. The van der Waals surface area contributed by atoms with E-state index in [9.17, 15) is 5.11 Å². The van der Waals surface area contributed by atoms with Gasteiger partial charge in [-0.1, -0.05) is 23.4 Å². The summed E-state index contributed by atoms with van der Waals surface area (Å²) >= 11 is 6.20. The van der Waals surface area contributed by atoms with E-state index in [2.05, 4.69) is 37.1 Å². The fourth-order valence-electron chi connectivity index (χ4n) is 2.73. The molecule has 0 saturated heterocycles. The summed E-state index contributed by atoms with van der Waals surface area (Å²) in [6, 6.07) is 0.202. The Bertz CT molecular complexity index is 773. The molecule has 1 fully saturated rings. The monoisotopic (exact) mass is 344 g/mol. The smallest absolute Gasteiger partial charge is 0.223 e. The molecule has 1 aliphatic carbocycles. The standard InChI is InChI=1S/C16H17ClN6O/c17-14-13(4-2-11-6-19-9-20-7-11)15(23-16(18)22-14)21-12-3-1-10(5-12)8-24/h6-7,9-10,12,24H,1,3,5,8H2,(H3,18,21,22,23)/t10?,12-/m0/s1. The first kappa shape index (κ1) is 16.4. The molecule has 0 bridgehead atoms. The van der Waals surface area contributed by atoms with Crippen molar-refractivity contribution in [1.29, 1.82) is 0 Å². The van der Waals surface area contributed by atoms with Crippen molar-refractivity contribution < 1.29 is 5.11 Å². The van der Waals surface area contributed by atoms with Crippen LogP contribution < -0.4 is 11.1 Å². The molecule has 0 radical (unpaired) electrons. The number of rotatable bonds is 3. The zero-order valence-electron chi connectivity index (χ0n) is 12.9. The van der Waals surface area contributed by atoms with Gasteiger partial charge in [0.25, 0.3) is 0 Å². The molecule has 0 amide bonds. The molecule has 7 nitrogen and oxygen atoms in total. The van der Waals surface area contributed by atoms with E-state index in [-0.39, 0.29) is 23.8 Å². The van der Waals surface area contributed by atoms with Crippen LogP contribution in [0.3, 0.4) is 0 Å². The Hall–Kier alpha value is -2.43. The summed E-state index contributed by atoms with van der Waals surface area (Å²) < 4.78 is 0. The van der Waals surface area contributed by atoms with Crippen molar-refractivity contribution in [3.8, 4) is 11.8 Å². The van der Waals surface area contributed by atoms with Crippen LogP contribution in [0.5, 0.6) is 0 Å². The number of nitrogens with one attached hydrogen (secondary N) is 1. The van der Waals surface area contributed by atoms with Crippen LogP contribution in [0.4, 0.5) is 11.8 Å². The van der Waals surface area contributed by atoms with Crippen molar-refractivity contribution in [3.05, 3.63) is 35.0 Å². The van der Waals surface area contributed by atoms with Crippen LogP contribution in [0.1, 0.15) is 30.4 Å². The van der Waals surface area contributed by atoms with Gasteiger partial charge in [-0.2, -0.15) is 9.97 Å². The minimum atomic E-state index is 0.0906. The van der Waals surface area contributed by atoms with Crippen molar-refractivity contribution >= 4 is 23.4 Å². The van der Waals surface area contributed by atoms with E-state index in [1.807, 2.05) is 0 Å². The lowest BCUT2D eigenvalue weighted by Gasteiger charge is -2.15. The van der Waals surface area contributed by atoms with Crippen LogP contribution >= 0.6 is 11.6 Å². The number of nitrogen functional groups attached to an aromatic ring is 1. The Morgan fingerprint density at radius 1 is 1.25 bits per heavy atom. The summed E-state index contributed by atoms with van der Waals surface area (Å²) in [4.78, 5) is 16.0. The molecule has 1 saturated carbocycles. The molecule has 1 unspecified atom stereocenters. The van der Waals surface area contributed by atoms with Crippen LogP contribution in [-0.4, -0.2) is 37.7 Å². The molecule has 2 heterocycles. The fourth-order valence-corrected chi connectivity index (χ4v) is 2.95. The van der Waals surface area contributed by atoms with Gasteiger partial charge in [0, 0.05) is 25.0 Å². The van der Waals surface area contributed by atoms with Gasteiger partial charge < -0.3 is 16.2 Å². The predicted octanol–water partition coefficient (Wildman–Crippen LogP) is 1.47. The van der Waals surface area contributed by atoms with Gasteiger partial charge in [0.2, 0.25) is 5.95 Å². The van der Waals surface area contributed by atoms with E-state index in [0.717, 1.165) is 19.3 Å². The normalized spacial score (nSPS) is 19.6. The lowest BCUT2D eigenvalue weighted by Crippen LogP contribution is -2.19. The Labute approximate surface area is 144 Å². The van der Waals surface area contributed by atoms with Gasteiger partial charge in [-0.15, -0.1) is 0 Å². The van der Waals surface area contributed by atoms with Crippen molar-refractivity contribution in [2.45, 2.75) is 25.3 Å². The molecule has 2 aromatic rings. The average molecular weight is 345 g/mol. The number of aliphatic hydroxyl groups excluding tert-OH is 1. The molecule has 8 heteroatoms. The van der Waals surface area contributed by atoms with Crippen molar-refractivity contribution in [2.75, 3.05) is 17.7 Å². The Kier molecular flexibility index (Phi) is 5.08. The van der Waals surface area contributed by atoms with E-state index in [1.54, 1.807) is 12.4 Å². The fraction of sp³-hybridized carbons (Fsp3) is 0.375. The van der Waals surface area contributed by atoms with Crippen LogP contribution in [0.25, 0.3) is 0 Å². The second-order valence-electron chi connectivity index (χ2n) is 5.68. The van der Waals surface area contributed by atoms with Gasteiger partial charge in [0.1, 0.15) is 17.7 Å². The number of hydrogen-bond acceptors (Lipinski definition) is 7. The summed E-state index contributed by atoms with van der Waals surface area (Å²) in [5.41, 5.74) is 6.86. The first-order chi connectivity index (χ1) is 11.7.